The second-order valence-corrected chi connectivity index (χ2v) is 6.84. The highest BCUT2D eigenvalue weighted by Gasteiger charge is 2.18. The number of ether oxygens (including phenoxy) is 1. The van der Waals surface area contributed by atoms with Gasteiger partial charge in [-0.15, -0.1) is 11.3 Å². The Hall–Kier alpha value is -2.24. The van der Waals surface area contributed by atoms with Crippen LogP contribution in [0.4, 0.5) is 0 Å². The molecular formula is C19H18N2O2S. The molecule has 0 saturated carbocycles. The molecule has 4 nitrogen and oxygen atoms in total. The van der Waals surface area contributed by atoms with Crippen molar-refractivity contribution in [2.75, 3.05) is 13.2 Å². The third-order valence-corrected chi connectivity index (χ3v) is 5.14. The van der Waals surface area contributed by atoms with Crippen molar-refractivity contribution in [2.24, 2.45) is 0 Å². The SMILES string of the molecule is O=C(NCC1CCCO1)c1cc(-c2cccs2)nc2ccccc12. The Bertz CT molecular complexity index is 855. The van der Waals surface area contributed by atoms with E-state index < -0.39 is 0 Å². The van der Waals surface area contributed by atoms with Crippen molar-refractivity contribution >= 4 is 28.1 Å². The minimum Gasteiger partial charge on any atom is -0.376 e. The zero-order valence-electron chi connectivity index (χ0n) is 13.2. The van der Waals surface area contributed by atoms with E-state index in [0.717, 1.165) is 40.9 Å². The smallest absolute Gasteiger partial charge is 0.252 e. The Balaban J connectivity index is 1.68. The molecule has 1 N–H and O–H groups in total. The van der Waals surface area contributed by atoms with Crippen molar-refractivity contribution in [2.45, 2.75) is 18.9 Å². The molecule has 0 spiro atoms. The van der Waals surface area contributed by atoms with Crippen molar-refractivity contribution in [1.29, 1.82) is 0 Å². The average Bonchev–Trinajstić information content (AvgIpc) is 3.32. The number of nitrogens with one attached hydrogen (secondary N) is 1. The van der Waals surface area contributed by atoms with E-state index in [1.165, 1.54) is 0 Å². The summed E-state index contributed by atoms with van der Waals surface area (Å²) in [6.07, 6.45) is 2.22. The Morgan fingerprint density at radius 2 is 2.21 bits per heavy atom. The average molecular weight is 338 g/mol. The largest absolute Gasteiger partial charge is 0.376 e. The monoisotopic (exact) mass is 338 g/mol. The van der Waals surface area contributed by atoms with E-state index in [4.69, 9.17) is 9.72 Å². The van der Waals surface area contributed by atoms with Crippen LogP contribution in [0.15, 0.2) is 47.8 Å². The van der Waals surface area contributed by atoms with Crippen LogP contribution in [-0.4, -0.2) is 30.1 Å². The molecule has 0 aliphatic carbocycles. The number of nitrogens with zero attached hydrogens (tertiary/aromatic N) is 1. The standard InChI is InChI=1S/C19H18N2O2S/c22-19(20-12-13-5-3-9-23-13)15-11-17(18-8-4-10-24-18)21-16-7-2-1-6-14(15)16/h1-2,4,6-8,10-11,13H,3,5,9,12H2,(H,20,22). The van der Waals surface area contributed by atoms with Gasteiger partial charge in [0, 0.05) is 18.5 Å². The number of amides is 1. The van der Waals surface area contributed by atoms with Crippen LogP contribution in [-0.2, 0) is 4.74 Å². The van der Waals surface area contributed by atoms with Crippen LogP contribution < -0.4 is 5.32 Å². The van der Waals surface area contributed by atoms with Gasteiger partial charge in [-0.1, -0.05) is 24.3 Å². The van der Waals surface area contributed by atoms with Crippen LogP contribution in [0.1, 0.15) is 23.2 Å². The lowest BCUT2D eigenvalue weighted by molar-refractivity contribution is 0.0859. The van der Waals surface area contributed by atoms with Gasteiger partial charge in [-0.2, -0.15) is 0 Å². The fourth-order valence-electron chi connectivity index (χ4n) is 3.02. The number of benzene rings is 1. The van der Waals surface area contributed by atoms with Gasteiger partial charge in [-0.3, -0.25) is 4.79 Å². The van der Waals surface area contributed by atoms with E-state index >= 15 is 0 Å². The summed E-state index contributed by atoms with van der Waals surface area (Å²) in [4.78, 5) is 18.5. The predicted octanol–water partition coefficient (Wildman–Crippen LogP) is 3.87. The highest BCUT2D eigenvalue weighted by molar-refractivity contribution is 7.13. The summed E-state index contributed by atoms with van der Waals surface area (Å²) < 4.78 is 5.58. The molecule has 1 aromatic carbocycles. The molecule has 24 heavy (non-hydrogen) atoms. The fraction of sp³-hybridized carbons (Fsp3) is 0.263. The Labute approximate surface area is 144 Å². The maximum atomic E-state index is 12.7. The minimum absolute atomic E-state index is 0.0677. The molecule has 3 heterocycles. The van der Waals surface area contributed by atoms with Gasteiger partial charge in [0.25, 0.3) is 5.91 Å². The molecule has 1 atom stereocenters. The van der Waals surface area contributed by atoms with Crippen LogP contribution in [0, 0.1) is 0 Å². The number of thiophene rings is 1. The predicted molar refractivity (Wildman–Crippen MR) is 96.4 cm³/mol. The van der Waals surface area contributed by atoms with Gasteiger partial charge >= 0.3 is 0 Å². The third-order valence-electron chi connectivity index (χ3n) is 4.25. The van der Waals surface area contributed by atoms with E-state index in [0.29, 0.717) is 12.1 Å². The lowest BCUT2D eigenvalue weighted by Gasteiger charge is -2.13. The van der Waals surface area contributed by atoms with Crippen LogP contribution in [0.2, 0.25) is 0 Å². The van der Waals surface area contributed by atoms with Gasteiger partial charge in [0.2, 0.25) is 0 Å². The normalized spacial score (nSPS) is 17.2. The van der Waals surface area contributed by atoms with E-state index in [-0.39, 0.29) is 12.0 Å². The summed E-state index contributed by atoms with van der Waals surface area (Å²) in [7, 11) is 0. The van der Waals surface area contributed by atoms with Gasteiger partial charge in [0.15, 0.2) is 0 Å². The molecule has 1 unspecified atom stereocenters. The first-order valence-electron chi connectivity index (χ1n) is 8.15. The van der Waals surface area contributed by atoms with E-state index in [1.807, 2.05) is 47.8 Å². The summed E-state index contributed by atoms with van der Waals surface area (Å²) in [5.74, 6) is -0.0677. The lowest BCUT2D eigenvalue weighted by atomic mass is 10.1. The number of carbonyl (C=O) groups excluding carboxylic acids is 1. The summed E-state index contributed by atoms with van der Waals surface area (Å²) >= 11 is 1.62. The second kappa shape index (κ2) is 6.71. The molecule has 0 radical (unpaired) electrons. The van der Waals surface area contributed by atoms with Gasteiger partial charge in [-0.05, 0) is 36.4 Å². The molecule has 1 saturated heterocycles. The number of hydrogen-bond donors (Lipinski definition) is 1. The van der Waals surface area contributed by atoms with Crippen LogP contribution in [0.25, 0.3) is 21.5 Å². The molecule has 1 aliphatic heterocycles. The molecule has 1 amide bonds. The molecule has 3 aromatic rings. The van der Waals surface area contributed by atoms with Gasteiger partial charge in [0.05, 0.1) is 27.8 Å². The van der Waals surface area contributed by atoms with Gasteiger partial charge < -0.3 is 10.1 Å². The van der Waals surface area contributed by atoms with Crippen molar-refractivity contribution < 1.29 is 9.53 Å². The number of pyridine rings is 1. The molecule has 0 bridgehead atoms. The van der Waals surface area contributed by atoms with Crippen molar-refractivity contribution in [3.05, 3.63) is 53.4 Å². The first kappa shape index (κ1) is 15.3. The first-order valence-corrected chi connectivity index (χ1v) is 9.03. The van der Waals surface area contributed by atoms with Crippen LogP contribution in [0.5, 0.6) is 0 Å². The van der Waals surface area contributed by atoms with Crippen LogP contribution >= 0.6 is 11.3 Å². The van der Waals surface area contributed by atoms with Crippen molar-refractivity contribution in [3.8, 4) is 10.6 Å². The molecule has 4 rings (SSSR count). The van der Waals surface area contributed by atoms with E-state index in [2.05, 4.69) is 5.32 Å². The van der Waals surface area contributed by atoms with Crippen molar-refractivity contribution in [3.63, 3.8) is 0 Å². The van der Waals surface area contributed by atoms with Crippen LogP contribution in [0.3, 0.4) is 0 Å². The van der Waals surface area contributed by atoms with Gasteiger partial charge in [0.1, 0.15) is 0 Å². The Morgan fingerprint density at radius 1 is 1.29 bits per heavy atom. The topological polar surface area (TPSA) is 51.2 Å². The molecule has 1 aliphatic rings. The van der Waals surface area contributed by atoms with Crippen molar-refractivity contribution in [1.82, 2.24) is 10.3 Å². The highest BCUT2D eigenvalue weighted by Crippen LogP contribution is 2.27. The number of rotatable bonds is 4. The highest BCUT2D eigenvalue weighted by atomic mass is 32.1. The Kier molecular flexibility index (Phi) is 4.28. The van der Waals surface area contributed by atoms with Gasteiger partial charge in [-0.25, -0.2) is 4.98 Å². The second-order valence-electron chi connectivity index (χ2n) is 5.89. The number of fused-ring (bicyclic) bond motifs is 1. The Morgan fingerprint density at radius 3 is 3.00 bits per heavy atom. The molecule has 1 fully saturated rings. The molecule has 122 valence electrons. The molecular weight excluding hydrogens is 320 g/mol. The summed E-state index contributed by atoms with van der Waals surface area (Å²) in [6.45, 7) is 1.35. The fourth-order valence-corrected chi connectivity index (χ4v) is 3.71. The third kappa shape index (κ3) is 3.05. The first-order chi connectivity index (χ1) is 11.8. The van der Waals surface area contributed by atoms with E-state index in [9.17, 15) is 4.79 Å². The number of aromatic nitrogens is 1. The van der Waals surface area contributed by atoms with E-state index in [1.54, 1.807) is 11.3 Å². The quantitative estimate of drug-likeness (QED) is 0.785. The zero-order chi connectivity index (χ0) is 16.4. The maximum Gasteiger partial charge on any atom is 0.252 e. The molecule has 5 heteroatoms. The number of carbonyl (C=O) groups is 1. The summed E-state index contributed by atoms with van der Waals surface area (Å²) in [5, 5.41) is 5.91. The minimum atomic E-state index is -0.0677. The summed E-state index contributed by atoms with van der Waals surface area (Å²) in [6, 6.07) is 13.7. The maximum absolute atomic E-state index is 12.7. The molecule has 2 aromatic heterocycles. The lowest BCUT2D eigenvalue weighted by Crippen LogP contribution is -2.31. The summed E-state index contributed by atoms with van der Waals surface area (Å²) in [5.41, 5.74) is 2.35. The number of para-hydroxylation sites is 1. The zero-order valence-corrected chi connectivity index (χ0v) is 14.0. The number of hydrogen-bond acceptors (Lipinski definition) is 4.